The number of para-hydroxylation sites is 2. The minimum atomic E-state index is 0.343. The van der Waals surface area contributed by atoms with Crippen molar-refractivity contribution in [1.29, 1.82) is 0 Å². The lowest BCUT2D eigenvalue weighted by Gasteiger charge is -2.46. The van der Waals surface area contributed by atoms with E-state index in [-0.39, 0.29) is 0 Å². The van der Waals surface area contributed by atoms with Crippen molar-refractivity contribution < 1.29 is 4.74 Å². The lowest BCUT2D eigenvalue weighted by atomic mass is 10.1. The average molecular weight is 263 g/mol. The number of nitrogens with zero attached hydrogens (tertiary/aromatic N) is 2. The number of rotatable bonds is 4. The fraction of sp³-hybridized carbons (Fsp3) is 0.600. The number of likely N-dealkylation sites (N-methyl/N-ethyl adjacent to an activating group) is 1. The first-order valence-corrected chi connectivity index (χ1v) is 7.06. The maximum absolute atomic E-state index is 5.97. The summed E-state index contributed by atoms with van der Waals surface area (Å²) in [6, 6.07) is 9.04. The van der Waals surface area contributed by atoms with Gasteiger partial charge in [-0.15, -0.1) is 0 Å². The maximum atomic E-state index is 5.97. The number of ether oxygens (including phenoxy) is 1. The Morgan fingerprint density at radius 1 is 1.32 bits per heavy atom. The first-order chi connectivity index (χ1) is 9.17. The van der Waals surface area contributed by atoms with E-state index in [0.29, 0.717) is 25.2 Å². The zero-order valence-electron chi connectivity index (χ0n) is 12.2. The normalized spacial score (nSPS) is 24.5. The molecule has 0 radical (unpaired) electrons. The fourth-order valence-corrected chi connectivity index (χ4v) is 2.99. The summed E-state index contributed by atoms with van der Waals surface area (Å²) in [6.45, 7) is 7.67. The second-order valence-corrected chi connectivity index (χ2v) is 5.27. The van der Waals surface area contributed by atoms with Crippen LogP contribution in [0.5, 0.6) is 5.75 Å². The van der Waals surface area contributed by atoms with Crippen LogP contribution in [-0.2, 0) is 0 Å². The van der Waals surface area contributed by atoms with Crippen LogP contribution in [0.1, 0.15) is 13.8 Å². The van der Waals surface area contributed by atoms with E-state index in [1.807, 2.05) is 19.1 Å². The molecule has 0 saturated carbocycles. The second-order valence-electron chi connectivity index (χ2n) is 5.27. The van der Waals surface area contributed by atoms with Crippen molar-refractivity contribution >= 4 is 5.69 Å². The van der Waals surface area contributed by atoms with Gasteiger partial charge in [0.15, 0.2) is 0 Å². The molecule has 4 nitrogen and oxygen atoms in total. The van der Waals surface area contributed by atoms with Crippen LogP contribution in [0.25, 0.3) is 0 Å². The van der Waals surface area contributed by atoms with Gasteiger partial charge in [0, 0.05) is 25.7 Å². The predicted octanol–water partition coefficient (Wildman–Crippen LogP) is 1.55. The van der Waals surface area contributed by atoms with E-state index in [4.69, 9.17) is 10.5 Å². The molecule has 0 spiro atoms. The highest BCUT2D eigenvalue weighted by Gasteiger charge is 2.31. The smallest absolute Gasteiger partial charge is 0.142 e. The van der Waals surface area contributed by atoms with E-state index in [1.165, 1.54) is 5.69 Å². The molecule has 0 aromatic heterocycles. The van der Waals surface area contributed by atoms with Gasteiger partial charge < -0.3 is 20.3 Å². The van der Waals surface area contributed by atoms with Gasteiger partial charge in [0.25, 0.3) is 0 Å². The summed E-state index contributed by atoms with van der Waals surface area (Å²) in [6.07, 6.45) is 0. The van der Waals surface area contributed by atoms with Crippen LogP contribution in [0.4, 0.5) is 5.69 Å². The summed E-state index contributed by atoms with van der Waals surface area (Å²) in [4.78, 5) is 4.77. The molecule has 2 atom stereocenters. The standard InChI is InChI=1S/C15H25N3O/c1-4-19-15-8-6-5-7-14(15)18-12(2)10-17(3)11-13(18)9-16/h5-8,12-13H,4,9-11,16H2,1-3H3. The van der Waals surface area contributed by atoms with Crippen LogP contribution in [0, 0.1) is 0 Å². The molecule has 4 heteroatoms. The summed E-state index contributed by atoms with van der Waals surface area (Å²) in [5.41, 5.74) is 7.14. The van der Waals surface area contributed by atoms with Gasteiger partial charge in [0.1, 0.15) is 5.75 Å². The molecular weight excluding hydrogens is 238 g/mol. The summed E-state index contributed by atoms with van der Waals surface area (Å²) in [5, 5.41) is 0. The molecule has 19 heavy (non-hydrogen) atoms. The highest BCUT2D eigenvalue weighted by Crippen LogP contribution is 2.32. The molecule has 1 aliphatic heterocycles. The van der Waals surface area contributed by atoms with Crippen molar-refractivity contribution in [2.75, 3.05) is 38.2 Å². The van der Waals surface area contributed by atoms with E-state index in [9.17, 15) is 0 Å². The van der Waals surface area contributed by atoms with Gasteiger partial charge in [-0.25, -0.2) is 0 Å². The summed E-state index contributed by atoms with van der Waals surface area (Å²) in [5.74, 6) is 0.958. The van der Waals surface area contributed by atoms with E-state index >= 15 is 0 Å². The number of hydrogen-bond donors (Lipinski definition) is 1. The van der Waals surface area contributed by atoms with Gasteiger partial charge >= 0.3 is 0 Å². The van der Waals surface area contributed by atoms with E-state index in [1.54, 1.807) is 0 Å². The predicted molar refractivity (Wildman–Crippen MR) is 79.9 cm³/mol. The van der Waals surface area contributed by atoms with Crippen molar-refractivity contribution in [2.24, 2.45) is 5.73 Å². The van der Waals surface area contributed by atoms with Crippen molar-refractivity contribution in [2.45, 2.75) is 25.9 Å². The molecule has 0 bridgehead atoms. The van der Waals surface area contributed by atoms with Gasteiger partial charge in [-0.2, -0.15) is 0 Å². The third-order valence-electron chi connectivity index (χ3n) is 3.68. The molecule has 0 aliphatic carbocycles. The molecule has 106 valence electrons. The van der Waals surface area contributed by atoms with E-state index in [2.05, 4.69) is 35.9 Å². The van der Waals surface area contributed by atoms with Crippen molar-refractivity contribution in [3.05, 3.63) is 24.3 Å². The topological polar surface area (TPSA) is 41.7 Å². The molecule has 2 rings (SSSR count). The van der Waals surface area contributed by atoms with Crippen LogP contribution < -0.4 is 15.4 Å². The van der Waals surface area contributed by atoms with Gasteiger partial charge in [-0.05, 0) is 33.0 Å². The Morgan fingerprint density at radius 3 is 2.74 bits per heavy atom. The summed E-state index contributed by atoms with van der Waals surface area (Å²) in [7, 11) is 2.16. The second kappa shape index (κ2) is 6.26. The Labute approximate surface area is 116 Å². The monoisotopic (exact) mass is 263 g/mol. The Hall–Kier alpha value is -1.26. The SMILES string of the molecule is CCOc1ccccc1N1C(C)CN(C)CC1CN. The Morgan fingerprint density at radius 2 is 2.05 bits per heavy atom. The van der Waals surface area contributed by atoms with Crippen molar-refractivity contribution in [1.82, 2.24) is 4.90 Å². The first kappa shape index (κ1) is 14.2. The minimum Gasteiger partial charge on any atom is -0.492 e. The number of piperazine rings is 1. The minimum absolute atomic E-state index is 0.343. The van der Waals surface area contributed by atoms with Crippen molar-refractivity contribution in [3.8, 4) is 5.75 Å². The third kappa shape index (κ3) is 3.01. The Bertz CT molecular complexity index is 410. The number of benzene rings is 1. The maximum Gasteiger partial charge on any atom is 0.142 e. The number of hydrogen-bond acceptors (Lipinski definition) is 4. The van der Waals surface area contributed by atoms with Crippen molar-refractivity contribution in [3.63, 3.8) is 0 Å². The third-order valence-corrected chi connectivity index (χ3v) is 3.68. The zero-order chi connectivity index (χ0) is 13.8. The van der Waals surface area contributed by atoms with Crippen LogP contribution in [-0.4, -0.2) is 50.3 Å². The lowest BCUT2D eigenvalue weighted by molar-refractivity contribution is 0.232. The fourth-order valence-electron chi connectivity index (χ4n) is 2.99. The molecule has 1 aliphatic rings. The van der Waals surface area contributed by atoms with Crippen LogP contribution in [0.2, 0.25) is 0 Å². The molecule has 0 amide bonds. The summed E-state index contributed by atoms with van der Waals surface area (Å²) >= 11 is 0. The average Bonchev–Trinajstić information content (AvgIpc) is 2.39. The molecular formula is C15H25N3O. The van der Waals surface area contributed by atoms with Gasteiger partial charge in [0.05, 0.1) is 18.3 Å². The van der Waals surface area contributed by atoms with Gasteiger partial charge in [-0.1, -0.05) is 12.1 Å². The highest BCUT2D eigenvalue weighted by atomic mass is 16.5. The molecule has 1 heterocycles. The molecule has 2 N–H and O–H groups in total. The first-order valence-electron chi connectivity index (χ1n) is 7.06. The Kier molecular flexibility index (Phi) is 4.66. The molecule has 1 saturated heterocycles. The summed E-state index contributed by atoms with van der Waals surface area (Å²) < 4.78 is 5.76. The molecule has 1 aromatic rings. The van der Waals surface area contributed by atoms with Crippen LogP contribution in [0.3, 0.4) is 0 Å². The van der Waals surface area contributed by atoms with Gasteiger partial charge in [0.2, 0.25) is 0 Å². The molecule has 1 fully saturated rings. The number of nitrogens with two attached hydrogens (primary N) is 1. The van der Waals surface area contributed by atoms with Crippen LogP contribution >= 0.6 is 0 Å². The molecule has 2 unspecified atom stereocenters. The van der Waals surface area contributed by atoms with Gasteiger partial charge in [-0.3, -0.25) is 0 Å². The molecule has 1 aromatic carbocycles. The largest absolute Gasteiger partial charge is 0.492 e. The Balaban J connectivity index is 2.32. The van der Waals surface area contributed by atoms with Crippen LogP contribution in [0.15, 0.2) is 24.3 Å². The quantitative estimate of drug-likeness (QED) is 0.895. The zero-order valence-corrected chi connectivity index (χ0v) is 12.2. The van der Waals surface area contributed by atoms with E-state index < -0.39 is 0 Å². The number of anilines is 1. The van der Waals surface area contributed by atoms with E-state index in [0.717, 1.165) is 18.8 Å². The lowest BCUT2D eigenvalue weighted by Crippen LogP contribution is -2.59. The highest BCUT2D eigenvalue weighted by molar-refractivity contribution is 5.60.